The van der Waals surface area contributed by atoms with Gasteiger partial charge in [-0.1, -0.05) is 27.7 Å². The molecule has 0 aromatic heterocycles. The van der Waals surface area contributed by atoms with Gasteiger partial charge in [-0.05, 0) is 13.8 Å². The summed E-state index contributed by atoms with van der Waals surface area (Å²) in [6.07, 6.45) is 0. The number of nitrogens with zero attached hydrogens (tertiary/aromatic N) is 2. The second kappa shape index (κ2) is 10.4. The van der Waals surface area contributed by atoms with E-state index in [4.69, 9.17) is 10.5 Å². The Kier molecular flexibility index (Phi) is 9.25. The third-order valence-corrected chi connectivity index (χ3v) is 3.48. The first-order valence-corrected chi connectivity index (χ1v) is 8.33. The number of rotatable bonds is 0. The van der Waals surface area contributed by atoms with E-state index in [9.17, 15) is 26.3 Å². The number of benzene rings is 2. The molecule has 2 aromatic rings. The van der Waals surface area contributed by atoms with Crippen molar-refractivity contribution < 1.29 is 26.3 Å². The van der Waals surface area contributed by atoms with Gasteiger partial charge in [-0.2, -0.15) is 10.5 Å². The molecule has 0 aliphatic carbocycles. The van der Waals surface area contributed by atoms with Crippen molar-refractivity contribution >= 4 is 21.9 Å². The summed E-state index contributed by atoms with van der Waals surface area (Å²) in [5.41, 5.74) is -1.29. The highest BCUT2D eigenvalue weighted by Crippen LogP contribution is 2.26. The monoisotopic (exact) mass is 400 g/mol. The molecule has 0 amide bonds. The minimum Gasteiger partial charge on any atom is -0.205 e. The fourth-order valence-corrected chi connectivity index (χ4v) is 2.28. The van der Waals surface area contributed by atoms with Crippen LogP contribution in [-0.2, 0) is 0 Å². The van der Waals surface area contributed by atoms with Crippen molar-refractivity contribution in [2.24, 2.45) is 0 Å². The zero-order valence-electron chi connectivity index (χ0n) is 16.2. The Hall–Kier alpha value is -3.00. The normalized spacial score (nSPS) is 11.9. The molecular weight excluding hydrogens is 382 g/mol. The van der Waals surface area contributed by atoms with Crippen molar-refractivity contribution in [3.05, 3.63) is 45.3 Å². The summed E-state index contributed by atoms with van der Waals surface area (Å²) in [4.78, 5) is 0. The third kappa shape index (κ3) is 3.96. The molecule has 2 nitrogen and oxygen atoms in total. The van der Waals surface area contributed by atoms with Crippen LogP contribution in [0, 0.1) is 57.6 Å². The molecule has 0 heterocycles. The molecule has 2 rings (SSSR count). The van der Waals surface area contributed by atoms with Crippen LogP contribution < -0.4 is 10.4 Å². The van der Waals surface area contributed by atoms with E-state index < -0.39 is 67.3 Å². The predicted octanol–water partition coefficient (Wildman–Crippen LogP) is 5.12. The van der Waals surface area contributed by atoms with Crippen LogP contribution in [0.1, 0.15) is 41.5 Å². The van der Waals surface area contributed by atoms with E-state index in [0.29, 0.717) is 0 Å². The minimum atomic E-state index is -1.99. The lowest BCUT2D eigenvalue weighted by atomic mass is 10.0. The number of nitriles is 2. The fourth-order valence-electron chi connectivity index (χ4n) is 2.28. The zero-order chi connectivity index (χ0) is 22.3. The van der Waals surface area contributed by atoms with Gasteiger partial charge in [0, 0.05) is 11.1 Å². The van der Waals surface area contributed by atoms with Gasteiger partial charge in [-0.25, -0.2) is 26.3 Å². The standard InChI is InChI=1S/C16H6F6N2.2C2H6/c1-5(3-23)7-11(17)9-10(15(21)13(7)19)12(18)8(6(2)4-24)14(20)16(9)22;2*1-2/h1-2H3;2*1-2H3/b7-5-,8-6-;;. The van der Waals surface area contributed by atoms with Gasteiger partial charge in [0.1, 0.15) is 11.6 Å². The van der Waals surface area contributed by atoms with E-state index in [-0.39, 0.29) is 0 Å². The quantitative estimate of drug-likeness (QED) is 0.456. The van der Waals surface area contributed by atoms with E-state index in [1.165, 1.54) is 12.1 Å². The van der Waals surface area contributed by atoms with Crippen LogP contribution >= 0.6 is 0 Å². The molecule has 28 heavy (non-hydrogen) atoms. The lowest BCUT2D eigenvalue weighted by Crippen LogP contribution is -2.25. The Morgan fingerprint density at radius 3 is 1.00 bits per heavy atom. The van der Waals surface area contributed by atoms with Gasteiger partial charge in [0.25, 0.3) is 0 Å². The first-order chi connectivity index (χ1) is 13.2. The smallest absolute Gasteiger partial charge is 0.170 e. The van der Waals surface area contributed by atoms with E-state index in [1.807, 2.05) is 27.7 Å². The highest BCUT2D eigenvalue weighted by molar-refractivity contribution is 5.87. The summed E-state index contributed by atoms with van der Waals surface area (Å²) in [6, 6.07) is 2.71. The molecule has 0 saturated carbocycles. The van der Waals surface area contributed by atoms with Gasteiger partial charge < -0.3 is 0 Å². The molecule has 0 aliphatic rings. The van der Waals surface area contributed by atoms with E-state index in [1.54, 1.807) is 0 Å². The first kappa shape index (κ1) is 25.0. The predicted molar refractivity (Wildman–Crippen MR) is 95.0 cm³/mol. The number of halogens is 6. The number of hydrogen-bond acceptors (Lipinski definition) is 2. The van der Waals surface area contributed by atoms with Crippen molar-refractivity contribution in [2.75, 3.05) is 0 Å². The Morgan fingerprint density at radius 2 is 0.786 bits per heavy atom. The molecule has 2 aromatic carbocycles. The molecule has 0 unspecified atom stereocenters. The highest BCUT2D eigenvalue weighted by Gasteiger charge is 2.27. The summed E-state index contributed by atoms with van der Waals surface area (Å²) in [7, 11) is 0. The molecule has 0 N–H and O–H groups in total. The maximum atomic E-state index is 14.4. The van der Waals surface area contributed by atoms with Crippen molar-refractivity contribution in [2.45, 2.75) is 41.5 Å². The first-order valence-electron chi connectivity index (χ1n) is 8.33. The van der Waals surface area contributed by atoms with Crippen LogP contribution in [0.2, 0.25) is 0 Å². The van der Waals surface area contributed by atoms with Crippen LogP contribution in [-0.4, -0.2) is 0 Å². The van der Waals surface area contributed by atoms with Crippen LogP contribution in [0.15, 0.2) is 0 Å². The van der Waals surface area contributed by atoms with Crippen LogP contribution in [0.3, 0.4) is 0 Å². The maximum absolute atomic E-state index is 14.4. The largest absolute Gasteiger partial charge is 0.205 e. The van der Waals surface area contributed by atoms with E-state index in [2.05, 4.69) is 0 Å². The zero-order valence-corrected chi connectivity index (χ0v) is 16.2. The number of fused-ring (bicyclic) bond motifs is 1. The molecule has 0 bridgehead atoms. The molecule has 0 saturated heterocycles. The highest BCUT2D eigenvalue weighted by atomic mass is 19.2. The average Bonchev–Trinajstić information content (AvgIpc) is 2.71. The van der Waals surface area contributed by atoms with Gasteiger partial charge in [-0.3, -0.25) is 0 Å². The Morgan fingerprint density at radius 1 is 0.536 bits per heavy atom. The topological polar surface area (TPSA) is 47.6 Å². The minimum absolute atomic E-state index is 0.644. The van der Waals surface area contributed by atoms with Crippen molar-refractivity contribution in [1.82, 2.24) is 0 Å². The van der Waals surface area contributed by atoms with Gasteiger partial charge in [0.15, 0.2) is 23.3 Å². The average molecular weight is 400 g/mol. The summed E-state index contributed by atoms with van der Waals surface area (Å²) in [5, 5.41) is 12.0. The van der Waals surface area contributed by atoms with Crippen LogP contribution in [0.4, 0.5) is 26.3 Å². The molecule has 150 valence electrons. The summed E-state index contributed by atoms with van der Waals surface area (Å²) in [5.74, 6) is -11.4. The summed E-state index contributed by atoms with van der Waals surface area (Å²) >= 11 is 0. The molecule has 0 spiro atoms. The lowest BCUT2D eigenvalue weighted by molar-refractivity contribution is 0.471. The van der Waals surface area contributed by atoms with Gasteiger partial charge in [-0.15, -0.1) is 0 Å². The van der Waals surface area contributed by atoms with Gasteiger partial charge >= 0.3 is 0 Å². The number of hydrogen-bond donors (Lipinski definition) is 0. The molecule has 8 heteroatoms. The van der Waals surface area contributed by atoms with Gasteiger partial charge in [0.2, 0.25) is 0 Å². The molecular formula is C20H18F6N2. The molecule has 0 atom stereocenters. The second-order valence-corrected chi connectivity index (χ2v) is 4.86. The Labute approximate surface area is 158 Å². The van der Waals surface area contributed by atoms with Crippen LogP contribution in [0.5, 0.6) is 0 Å². The van der Waals surface area contributed by atoms with Crippen molar-refractivity contribution in [1.29, 1.82) is 10.5 Å². The van der Waals surface area contributed by atoms with Gasteiger partial charge in [0.05, 0.1) is 33.3 Å². The van der Waals surface area contributed by atoms with E-state index >= 15 is 0 Å². The Balaban J connectivity index is 0.00000171. The van der Waals surface area contributed by atoms with Crippen molar-refractivity contribution in [3.63, 3.8) is 0 Å². The van der Waals surface area contributed by atoms with Crippen molar-refractivity contribution in [3.8, 4) is 12.1 Å². The SMILES string of the molecule is C/C(C#N)=c1/c(F)c(F)c2c(F)/c(=C(\C)C#N)c(F)c(F)c2c1F.CC.CC. The fraction of sp³-hybridized carbons (Fsp3) is 0.300. The maximum Gasteiger partial charge on any atom is 0.170 e. The third-order valence-electron chi connectivity index (χ3n) is 3.48. The lowest BCUT2D eigenvalue weighted by Gasteiger charge is -2.09. The summed E-state index contributed by atoms with van der Waals surface area (Å²) in [6.45, 7) is 9.86. The summed E-state index contributed by atoms with van der Waals surface area (Å²) < 4.78 is 85.1. The van der Waals surface area contributed by atoms with E-state index in [0.717, 1.165) is 13.8 Å². The van der Waals surface area contributed by atoms with Crippen LogP contribution in [0.25, 0.3) is 21.9 Å². The molecule has 0 aliphatic heterocycles. The second-order valence-electron chi connectivity index (χ2n) is 4.86. The molecule has 0 fully saturated rings. The molecule has 0 radical (unpaired) electrons. The Bertz CT molecular complexity index is 1020.